The molecule has 8 aliphatic rings. The van der Waals surface area contributed by atoms with E-state index in [2.05, 4.69) is 36.3 Å². The largest absolute Gasteiger partial charge is 0.119 e. The molecule has 8 fully saturated rings. The molecule has 0 saturated heterocycles. The zero-order valence-electron chi connectivity index (χ0n) is 17.2. The van der Waals surface area contributed by atoms with E-state index in [-0.39, 0.29) is 5.41 Å². The lowest BCUT2D eigenvalue weighted by molar-refractivity contribution is -0.230. The highest BCUT2D eigenvalue weighted by Crippen LogP contribution is 2.79. The molecule has 8 bridgehead atoms. The Kier molecular flexibility index (Phi) is 3.12. The Bertz CT molecular complexity index is 791. The fourth-order valence-electron chi connectivity index (χ4n) is 11.1. The van der Waals surface area contributed by atoms with Crippen LogP contribution in [0.4, 0.5) is 0 Å². The van der Waals surface area contributed by atoms with E-state index < -0.39 is 0 Å². The summed E-state index contributed by atoms with van der Waals surface area (Å²) in [5.41, 5.74) is 2.46. The topological polar surface area (TPSA) is 0 Å². The van der Waals surface area contributed by atoms with E-state index in [1.165, 1.54) is 56.9 Å². The molecular formula is C28H34. The third kappa shape index (κ3) is 1.78. The molecule has 28 heavy (non-hydrogen) atoms. The summed E-state index contributed by atoms with van der Waals surface area (Å²) >= 11 is 0. The lowest BCUT2D eigenvalue weighted by atomic mass is 9.28. The van der Waals surface area contributed by atoms with Crippen LogP contribution in [0.3, 0.4) is 0 Å². The highest BCUT2D eigenvalue weighted by molar-refractivity contribution is 5.44. The van der Waals surface area contributed by atoms with E-state index in [4.69, 9.17) is 6.42 Å². The Morgan fingerprint density at radius 2 is 1.18 bits per heavy atom. The van der Waals surface area contributed by atoms with Crippen molar-refractivity contribution in [3.63, 3.8) is 0 Å². The lowest BCUT2D eigenvalue weighted by Crippen LogP contribution is -2.70. The van der Waals surface area contributed by atoms with Crippen LogP contribution >= 0.6 is 0 Å². The van der Waals surface area contributed by atoms with E-state index >= 15 is 0 Å². The summed E-state index contributed by atoms with van der Waals surface area (Å²) in [4.78, 5) is 0. The number of hydrogen-bond donors (Lipinski definition) is 0. The van der Waals surface area contributed by atoms with Crippen LogP contribution in [0.15, 0.2) is 30.3 Å². The molecular weight excluding hydrogens is 336 g/mol. The van der Waals surface area contributed by atoms with Crippen LogP contribution in [-0.4, -0.2) is 0 Å². The van der Waals surface area contributed by atoms with Gasteiger partial charge in [0, 0.05) is 0 Å². The average Bonchev–Trinajstić information content (AvgIpc) is 2.68. The maximum atomic E-state index is 6.67. The van der Waals surface area contributed by atoms with Gasteiger partial charge in [0.05, 0.1) is 5.41 Å². The maximum absolute atomic E-state index is 6.67. The molecule has 0 aliphatic heterocycles. The molecule has 0 heteroatoms. The summed E-state index contributed by atoms with van der Waals surface area (Å²) < 4.78 is 0. The Morgan fingerprint density at radius 1 is 0.679 bits per heavy atom. The van der Waals surface area contributed by atoms with Gasteiger partial charge in [0.1, 0.15) is 0 Å². The summed E-state index contributed by atoms with van der Waals surface area (Å²) in [5, 5.41) is 0. The Balaban J connectivity index is 1.47. The van der Waals surface area contributed by atoms with Gasteiger partial charge in [0.2, 0.25) is 0 Å². The molecule has 8 saturated carbocycles. The molecule has 0 spiro atoms. The SMILES string of the molecule is C#CC1(c2ccccc2)C2CC3CC(C2)CC1(C12CC4CC(CC(C4)C1)C2)C3. The van der Waals surface area contributed by atoms with Crippen molar-refractivity contribution in [1.82, 2.24) is 0 Å². The Labute approximate surface area is 170 Å². The Hall–Kier alpha value is -1.22. The lowest BCUT2D eigenvalue weighted by Gasteiger charge is -2.75. The number of hydrogen-bond acceptors (Lipinski definition) is 0. The zero-order valence-corrected chi connectivity index (χ0v) is 17.2. The predicted molar refractivity (Wildman–Crippen MR) is 114 cm³/mol. The summed E-state index contributed by atoms with van der Waals surface area (Å²) in [6.07, 6.45) is 23.1. The minimum Gasteiger partial charge on any atom is -0.119 e. The van der Waals surface area contributed by atoms with Crippen molar-refractivity contribution >= 4 is 0 Å². The first-order valence-corrected chi connectivity index (χ1v) is 12.2. The maximum Gasteiger partial charge on any atom is 0.0650 e. The van der Waals surface area contributed by atoms with Gasteiger partial charge in [0.15, 0.2) is 0 Å². The second-order valence-electron chi connectivity index (χ2n) is 12.1. The molecule has 3 unspecified atom stereocenters. The quantitative estimate of drug-likeness (QED) is 0.514. The van der Waals surface area contributed by atoms with Gasteiger partial charge in [0.25, 0.3) is 0 Å². The van der Waals surface area contributed by atoms with E-state index in [1.807, 2.05) is 0 Å². The molecule has 0 heterocycles. The highest BCUT2D eigenvalue weighted by atomic mass is 14.8. The van der Waals surface area contributed by atoms with Crippen LogP contribution in [0.25, 0.3) is 0 Å². The fraction of sp³-hybridized carbons (Fsp3) is 0.714. The highest BCUT2D eigenvalue weighted by Gasteiger charge is 2.73. The van der Waals surface area contributed by atoms with Crippen molar-refractivity contribution in [2.24, 2.45) is 46.3 Å². The van der Waals surface area contributed by atoms with Crippen molar-refractivity contribution in [1.29, 1.82) is 0 Å². The summed E-state index contributed by atoms with van der Waals surface area (Å²) in [6, 6.07) is 11.5. The van der Waals surface area contributed by atoms with Gasteiger partial charge in [-0.2, -0.15) is 0 Å². The zero-order chi connectivity index (χ0) is 18.6. The minimum atomic E-state index is 0.00729. The van der Waals surface area contributed by atoms with Gasteiger partial charge >= 0.3 is 0 Å². The second kappa shape index (κ2) is 5.28. The van der Waals surface area contributed by atoms with Crippen molar-refractivity contribution in [3.05, 3.63) is 35.9 Å². The molecule has 9 rings (SSSR count). The molecule has 8 aliphatic carbocycles. The van der Waals surface area contributed by atoms with Gasteiger partial charge in [-0.25, -0.2) is 0 Å². The molecule has 3 atom stereocenters. The number of rotatable bonds is 2. The van der Waals surface area contributed by atoms with Crippen LogP contribution in [0, 0.1) is 58.7 Å². The van der Waals surface area contributed by atoms with Crippen LogP contribution in [0.1, 0.15) is 76.2 Å². The third-order valence-electron chi connectivity index (χ3n) is 11.1. The summed E-state index contributed by atoms with van der Waals surface area (Å²) in [6.45, 7) is 0. The van der Waals surface area contributed by atoms with E-state index in [1.54, 1.807) is 19.3 Å². The molecule has 0 aromatic heterocycles. The molecule has 0 radical (unpaired) electrons. The van der Waals surface area contributed by atoms with E-state index in [9.17, 15) is 0 Å². The first-order chi connectivity index (χ1) is 13.7. The molecule has 1 aromatic rings. The van der Waals surface area contributed by atoms with Gasteiger partial charge < -0.3 is 0 Å². The normalized spacial score (nSPS) is 55.4. The Morgan fingerprint density at radius 3 is 1.68 bits per heavy atom. The molecule has 0 nitrogen and oxygen atoms in total. The second-order valence-corrected chi connectivity index (χ2v) is 12.1. The van der Waals surface area contributed by atoms with E-state index in [0.29, 0.717) is 10.8 Å². The minimum absolute atomic E-state index is 0.00729. The molecule has 1 aromatic carbocycles. The smallest absolute Gasteiger partial charge is 0.0650 e. The number of terminal acetylenes is 1. The van der Waals surface area contributed by atoms with Gasteiger partial charge in [-0.05, 0) is 123 Å². The first-order valence-electron chi connectivity index (χ1n) is 12.2. The average molecular weight is 371 g/mol. The fourth-order valence-corrected chi connectivity index (χ4v) is 11.1. The standard InChI is InChI=1S/C28H34/c1-2-28(24-6-4-3-5-7-24)25-12-22-11-23(13-25)18-27(28,17-22)26-14-19-8-20(15-26)10-21(9-19)16-26/h1,3-7,19-23,25H,8-18H2. The van der Waals surface area contributed by atoms with Crippen molar-refractivity contribution < 1.29 is 0 Å². The first kappa shape index (κ1) is 16.6. The van der Waals surface area contributed by atoms with Gasteiger partial charge in [-0.3, -0.25) is 0 Å². The monoisotopic (exact) mass is 370 g/mol. The van der Waals surface area contributed by atoms with Gasteiger partial charge in [-0.15, -0.1) is 6.42 Å². The van der Waals surface area contributed by atoms with E-state index in [0.717, 1.165) is 35.5 Å². The van der Waals surface area contributed by atoms with Crippen LogP contribution in [-0.2, 0) is 5.41 Å². The van der Waals surface area contributed by atoms with Crippen molar-refractivity contribution in [2.75, 3.05) is 0 Å². The van der Waals surface area contributed by atoms with Gasteiger partial charge in [-0.1, -0.05) is 36.3 Å². The van der Waals surface area contributed by atoms with Crippen molar-refractivity contribution in [2.45, 2.75) is 76.0 Å². The third-order valence-corrected chi connectivity index (χ3v) is 11.1. The molecule has 0 N–H and O–H groups in total. The summed E-state index contributed by atoms with van der Waals surface area (Å²) in [7, 11) is 0. The summed E-state index contributed by atoms with van der Waals surface area (Å²) in [5.74, 6) is 9.37. The van der Waals surface area contributed by atoms with Crippen molar-refractivity contribution in [3.8, 4) is 12.3 Å². The van der Waals surface area contributed by atoms with Crippen LogP contribution in [0.2, 0.25) is 0 Å². The molecule has 146 valence electrons. The number of benzene rings is 1. The molecule has 0 amide bonds. The van der Waals surface area contributed by atoms with Crippen LogP contribution in [0.5, 0.6) is 0 Å². The van der Waals surface area contributed by atoms with Crippen LogP contribution < -0.4 is 0 Å². The predicted octanol–water partition coefficient (Wildman–Crippen LogP) is 6.60.